The molecule has 0 fully saturated rings. The molecule has 7 heteroatoms. The fourth-order valence-corrected chi connectivity index (χ4v) is 3.27. The molecule has 3 rings (SSSR count). The largest absolute Gasteiger partial charge is 0.375 e. The molecule has 0 spiro atoms. The molecule has 2 aromatic heterocycles. The van der Waals surface area contributed by atoms with Gasteiger partial charge in [-0.25, -0.2) is 10.4 Å². The monoisotopic (exact) mass is 327 g/mol. The molecule has 6 nitrogen and oxygen atoms in total. The number of hydrogen-bond acceptors (Lipinski definition) is 5. The van der Waals surface area contributed by atoms with Crippen molar-refractivity contribution in [1.82, 2.24) is 15.0 Å². The van der Waals surface area contributed by atoms with Gasteiger partial charge in [-0.2, -0.15) is 5.10 Å². The summed E-state index contributed by atoms with van der Waals surface area (Å²) in [5, 5.41) is 5.57. The second-order valence-electron chi connectivity index (χ2n) is 5.24. The number of nitrogen functional groups attached to an aromatic ring is 1. The van der Waals surface area contributed by atoms with Gasteiger partial charge in [0, 0.05) is 29.2 Å². The fourth-order valence-electron chi connectivity index (χ4n) is 2.55. The number of nitrogens with zero attached hydrogens (tertiary/aromatic N) is 3. The van der Waals surface area contributed by atoms with Crippen LogP contribution in [0, 0.1) is 13.8 Å². The average molecular weight is 327 g/mol. The number of nitrogens with one attached hydrogen (secondary N) is 1. The molecule has 0 saturated carbocycles. The maximum absolute atomic E-state index is 12.1. The van der Waals surface area contributed by atoms with Crippen LogP contribution in [0.1, 0.15) is 26.6 Å². The molecule has 0 aliphatic carbocycles. The SMILES string of the molecule is Cc1nc(N)sc1C(=O)N/N=C\c1c(C)n(C)c2ccccc12. The number of amides is 1. The number of nitrogens with two attached hydrogens (primary N) is 1. The van der Waals surface area contributed by atoms with Crippen LogP contribution in [0.15, 0.2) is 29.4 Å². The van der Waals surface area contributed by atoms with Gasteiger partial charge in [0.05, 0.1) is 11.9 Å². The number of rotatable bonds is 3. The van der Waals surface area contributed by atoms with E-state index in [2.05, 4.69) is 26.1 Å². The third-order valence-electron chi connectivity index (χ3n) is 3.83. The maximum Gasteiger partial charge on any atom is 0.283 e. The van der Waals surface area contributed by atoms with Gasteiger partial charge in [-0.15, -0.1) is 0 Å². The molecule has 0 aliphatic rings. The Hall–Kier alpha value is -2.67. The number of fused-ring (bicyclic) bond motifs is 1. The molecule has 1 amide bonds. The first kappa shape index (κ1) is 15.2. The van der Waals surface area contributed by atoms with Crippen molar-refractivity contribution in [1.29, 1.82) is 0 Å². The lowest BCUT2D eigenvalue weighted by Crippen LogP contribution is -2.17. The van der Waals surface area contributed by atoms with E-state index < -0.39 is 0 Å². The molecule has 0 saturated heterocycles. The number of hydrazone groups is 1. The number of hydrogen-bond donors (Lipinski definition) is 2. The summed E-state index contributed by atoms with van der Waals surface area (Å²) in [5.74, 6) is -0.300. The van der Waals surface area contributed by atoms with Gasteiger partial charge in [-0.05, 0) is 19.9 Å². The van der Waals surface area contributed by atoms with E-state index in [9.17, 15) is 4.79 Å². The Morgan fingerprint density at radius 3 is 2.83 bits per heavy atom. The first-order valence-electron chi connectivity index (χ1n) is 7.09. The Labute approximate surface area is 137 Å². The summed E-state index contributed by atoms with van der Waals surface area (Å²) < 4.78 is 2.10. The second kappa shape index (κ2) is 5.85. The maximum atomic E-state index is 12.1. The highest BCUT2D eigenvalue weighted by atomic mass is 32.1. The highest BCUT2D eigenvalue weighted by molar-refractivity contribution is 7.17. The number of thiazole rings is 1. The Morgan fingerprint density at radius 1 is 1.39 bits per heavy atom. The molecule has 0 radical (unpaired) electrons. The zero-order valence-corrected chi connectivity index (χ0v) is 13.9. The van der Waals surface area contributed by atoms with Gasteiger partial charge in [0.15, 0.2) is 5.13 Å². The topological polar surface area (TPSA) is 85.3 Å². The number of carbonyl (C=O) groups is 1. The summed E-state index contributed by atoms with van der Waals surface area (Å²) in [6.45, 7) is 3.78. The summed E-state index contributed by atoms with van der Waals surface area (Å²) in [6, 6.07) is 8.09. The van der Waals surface area contributed by atoms with Crippen LogP contribution < -0.4 is 11.2 Å². The molecular weight excluding hydrogens is 310 g/mol. The predicted octanol–water partition coefficient (Wildman–Crippen LogP) is 2.60. The van der Waals surface area contributed by atoms with Crippen LogP contribution in [-0.4, -0.2) is 21.7 Å². The molecule has 2 heterocycles. The summed E-state index contributed by atoms with van der Waals surface area (Å²) in [5.41, 5.74) is 12.0. The van der Waals surface area contributed by atoms with Crippen LogP contribution in [0.25, 0.3) is 10.9 Å². The Kier molecular flexibility index (Phi) is 3.87. The molecule has 1 aromatic carbocycles. The van der Waals surface area contributed by atoms with Crippen molar-refractivity contribution in [2.24, 2.45) is 12.1 Å². The van der Waals surface area contributed by atoms with Gasteiger partial charge in [0.25, 0.3) is 5.91 Å². The zero-order chi connectivity index (χ0) is 16.6. The van der Waals surface area contributed by atoms with Crippen molar-refractivity contribution < 1.29 is 4.79 Å². The number of aryl methyl sites for hydroxylation is 2. The minimum absolute atomic E-state index is 0.300. The Bertz CT molecular complexity index is 922. The van der Waals surface area contributed by atoms with Crippen molar-refractivity contribution in [3.63, 3.8) is 0 Å². The van der Waals surface area contributed by atoms with E-state index in [-0.39, 0.29) is 5.91 Å². The number of para-hydroxylation sites is 1. The zero-order valence-electron chi connectivity index (χ0n) is 13.1. The van der Waals surface area contributed by atoms with Crippen molar-refractivity contribution >= 4 is 39.5 Å². The quantitative estimate of drug-likeness (QED) is 0.573. The lowest BCUT2D eigenvalue weighted by Gasteiger charge is -1.98. The van der Waals surface area contributed by atoms with Gasteiger partial charge in [-0.1, -0.05) is 29.5 Å². The minimum atomic E-state index is -0.300. The van der Waals surface area contributed by atoms with Crippen molar-refractivity contribution in [2.75, 3.05) is 5.73 Å². The van der Waals surface area contributed by atoms with Crippen molar-refractivity contribution in [3.05, 3.63) is 46.1 Å². The summed E-state index contributed by atoms with van der Waals surface area (Å²) in [6.07, 6.45) is 1.68. The molecule has 118 valence electrons. The van der Waals surface area contributed by atoms with E-state index in [1.165, 1.54) is 0 Å². The van der Waals surface area contributed by atoms with Crippen molar-refractivity contribution in [2.45, 2.75) is 13.8 Å². The minimum Gasteiger partial charge on any atom is -0.375 e. The van der Waals surface area contributed by atoms with E-state index in [1.807, 2.05) is 32.2 Å². The normalized spacial score (nSPS) is 11.4. The lowest BCUT2D eigenvalue weighted by molar-refractivity contribution is 0.0958. The van der Waals surface area contributed by atoms with E-state index in [0.29, 0.717) is 15.7 Å². The van der Waals surface area contributed by atoms with Crippen LogP contribution in [0.3, 0.4) is 0 Å². The van der Waals surface area contributed by atoms with Gasteiger partial charge < -0.3 is 10.3 Å². The van der Waals surface area contributed by atoms with Gasteiger partial charge in [0.1, 0.15) is 4.88 Å². The molecule has 0 unspecified atom stereocenters. The Morgan fingerprint density at radius 2 is 2.13 bits per heavy atom. The van der Waals surface area contributed by atoms with Gasteiger partial charge >= 0.3 is 0 Å². The third kappa shape index (κ3) is 2.70. The molecule has 0 aliphatic heterocycles. The predicted molar refractivity (Wildman–Crippen MR) is 94.0 cm³/mol. The lowest BCUT2D eigenvalue weighted by atomic mass is 10.1. The number of carbonyl (C=O) groups excluding carboxylic acids is 1. The molecular formula is C16H17N5OS. The van der Waals surface area contributed by atoms with Gasteiger partial charge in [-0.3, -0.25) is 4.79 Å². The summed E-state index contributed by atoms with van der Waals surface area (Å²) in [4.78, 5) is 16.6. The van der Waals surface area contributed by atoms with Crippen molar-refractivity contribution in [3.8, 4) is 0 Å². The highest BCUT2D eigenvalue weighted by Crippen LogP contribution is 2.23. The van der Waals surface area contributed by atoms with E-state index in [0.717, 1.165) is 33.5 Å². The smallest absolute Gasteiger partial charge is 0.283 e. The standard InChI is InChI=1S/C16H17N5OS/c1-9-14(23-16(17)19-9)15(22)20-18-8-12-10(2)21(3)13-7-5-4-6-11(12)13/h4-8H,1-3H3,(H2,17,19)(H,20,22)/b18-8-. The van der Waals surface area contributed by atoms with E-state index >= 15 is 0 Å². The number of aromatic nitrogens is 2. The summed E-state index contributed by atoms with van der Waals surface area (Å²) in [7, 11) is 2.01. The molecule has 0 atom stereocenters. The second-order valence-corrected chi connectivity index (χ2v) is 6.27. The van der Waals surface area contributed by atoms with Gasteiger partial charge in [0.2, 0.25) is 0 Å². The molecule has 0 bridgehead atoms. The first-order chi connectivity index (χ1) is 11.0. The summed E-state index contributed by atoms with van der Waals surface area (Å²) >= 11 is 1.16. The molecule has 23 heavy (non-hydrogen) atoms. The van der Waals surface area contributed by atoms with Crippen LogP contribution in [-0.2, 0) is 7.05 Å². The molecule has 3 aromatic rings. The number of anilines is 1. The van der Waals surface area contributed by atoms with E-state index in [4.69, 9.17) is 5.73 Å². The number of benzene rings is 1. The average Bonchev–Trinajstić information content (AvgIpc) is 2.99. The highest BCUT2D eigenvalue weighted by Gasteiger charge is 2.14. The third-order valence-corrected chi connectivity index (χ3v) is 4.81. The van der Waals surface area contributed by atoms with E-state index in [1.54, 1.807) is 13.1 Å². The van der Waals surface area contributed by atoms with Crippen LogP contribution in [0.2, 0.25) is 0 Å². The molecule has 3 N–H and O–H groups in total. The Balaban J connectivity index is 1.85. The van der Waals surface area contributed by atoms with Crippen LogP contribution in [0.4, 0.5) is 5.13 Å². The van der Waals surface area contributed by atoms with Crippen LogP contribution >= 0.6 is 11.3 Å². The fraction of sp³-hybridized carbons (Fsp3) is 0.188. The van der Waals surface area contributed by atoms with Crippen LogP contribution in [0.5, 0.6) is 0 Å². The first-order valence-corrected chi connectivity index (χ1v) is 7.91.